The van der Waals surface area contributed by atoms with Gasteiger partial charge in [0.15, 0.2) is 23.3 Å². The Morgan fingerprint density at radius 1 is 1.29 bits per heavy atom. The van der Waals surface area contributed by atoms with Gasteiger partial charge < -0.3 is 9.73 Å². The fourth-order valence-corrected chi connectivity index (χ4v) is 2.81. The number of benzene rings is 1. The maximum atomic E-state index is 12.6. The molecule has 1 aromatic carbocycles. The molecule has 3 heterocycles. The molecule has 0 aliphatic heterocycles. The summed E-state index contributed by atoms with van der Waals surface area (Å²) in [4.78, 5) is 21.2. The third-order valence-corrected chi connectivity index (χ3v) is 4.14. The minimum atomic E-state index is -0.168. The van der Waals surface area contributed by atoms with E-state index < -0.39 is 0 Å². The lowest BCUT2D eigenvalue weighted by molar-refractivity contribution is 0.0946. The SMILES string of the molecule is O=C(NC1CC1)c1nn2cccnc2c1-c1ccc2ocnc2c1. The van der Waals surface area contributed by atoms with Crippen LogP contribution in [0, 0.1) is 0 Å². The number of amides is 1. The van der Waals surface area contributed by atoms with E-state index in [1.807, 2.05) is 18.2 Å². The third kappa shape index (κ3) is 2.05. The van der Waals surface area contributed by atoms with E-state index in [0.29, 0.717) is 22.5 Å². The number of aromatic nitrogens is 4. The molecule has 0 bridgehead atoms. The van der Waals surface area contributed by atoms with Crippen molar-refractivity contribution in [2.45, 2.75) is 18.9 Å². The van der Waals surface area contributed by atoms with Crippen LogP contribution in [0.5, 0.6) is 0 Å². The molecule has 3 aromatic heterocycles. The van der Waals surface area contributed by atoms with Gasteiger partial charge in [-0.05, 0) is 36.6 Å². The quantitative estimate of drug-likeness (QED) is 0.627. The molecule has 1 amide bonds. The Labute approximate surface area is 136 Å². The first-order chi connectivity index (χ1) is 11.8. The Bertz CT molecular complexity index is 1080. The molecule has 0 radical (unpaired) electrons. The highest BCUT2D eigenvalue weighted by Crippen LogP contribution is 2.30. The van der Waals surface area contributed by atoms with Gasteiger partial charge in [0.05, 0.1) is 5.56 Å². The average Bonchev–Trinajstić information content (AvgIpc) is 3.15. The molecule has 0 spiro atoms. The van der Waals surface area contributed by atoms with Crippen molar-refractivity contribution in [3.05, 3.63) is 48.7 Å². The van der Waals surface area contributed by atoms with Gasteiger partial charge in [-0.2, -0.15) is 5.10 Å². The van der Waals surface area contributed by atoms with Crippen LogP contribution in [-0.4, -0.2) is 31.5 Å². The number of nitrogens with zero attached hydrogens (tertiary/aromatic N) is 4. The van der Waals surface area contributed by atoms with Gasteiger partial charge in [0.25, 0.3) is 5.91 Å². The second kappa shape index (κ2) is 4.89. The highest BCUT2D eigenvalue weighted by Gasteiger charge is 2.28. The van der Waals surface area contributed by atoms with Gasteiger partial charge in [-0.15, -0.1) is 0 Å². The summed E-state index contributed by atoms with van der Waals surface area (Å²) in [6, 6.07) is 7.67. The van der Waals surface area contributed by atoms with E-state index in [1.54, 1.807) is 23.0 Å². The molecule has 1 aliphatic carbocycles. The maximum absolute atomic E-state index is 12.6. The number of nitrogens with one attached hydrogen (secondary N) is 1. The molecule has 5 rings (SSSR count). The van der Waals surface area contributed by atoms with Gasteiger partial charge in [0, 0.05) is 18.4 Å². The minimum absolute atomic E-state index is 0.168. The zero-order valence-corrected chi connectivity index (χ0v) is 12.6. The Kier molecular flexibility index (Phi) is 2.70. The largest absolute Gasteiger partial charge is 0.443 e. The van der Waals surface area contributed by atoms with Gasteiger partial charge >= 0.3 is 0 Å². The third-order valence-electron chi connectivity index (χ3n) is 4.14. The molecule has 0 unspecified atom stereocenters. The number of hydrogen-bond donors (Lipinski definition) is 1. The average molecular weight is 319 g/mol. The number of oxazole rings is 1. The van der Waals surface area contributed by atoms with E-state index in [2.05, 4.69) is 20.4 Å². The van der Waals surface area contributed by atoms with E-state index >= 15 is 0 Å². The highest BCUT2D eigenvalue weighted by atomic mass is 16.3. The topological polar surface area (TPSA) is 85.3 Å². The molecule has 0 atom stereocenters. The van der Waals surface area contributed by atoms with Crippen molar-refractivity contribution in [1.82, 2.24) is 24.9 Å². The predicted molar refractivity (Wildman–Crippen MR) is 86.5 cm³/mol. The maximum Gasteiger partial charge on any atom is 0.272 e. The van der Waals surface area contributed by atoms with Crippen LogP contribution in [0.2, 0.25) is 0 Å². The van der Waals surface area contributed by atoms with Gasteiger partial charge in [-0.25, -0.2) is 14.5 Å². The Balaban J connectivity index is 1.73. The smallest absolute Gasteiger partial charge is 0.272 e. The molecule has 1 fully saturated rings. The standard InChI is InChI=1S/C17H13N5O2/c23-17(20-11-3-4-11)15-14(16-18-6-1-7-22(16)21-15)10-2-5-13-12(8-10)19-9-24-13/h1-2,5-9,11H,3-4H2,(H,20,23). The summed E-state index contributed by atoms with van der Waals surface area (Å²) < 4.78 is 6.92. The van der Waals surface area contributed by atoms with Crippen molar-refractivity contribution in [2.75, 3.05) is 0 Å². The molecule has 118 valence electrons. The molecular formula is C17H13N5O2. The van der Waals surface area contributed by atoms with E-state index in [9.17, 15) is 4.79 Å². The molecular weight excluding hydrogens is 306 g/mol. The number of carbonyl (C=O) groups excluding carboxylic acids is 1. The summed E-state index contributed by atoms with van der Waals surface area (Å²) in [5.74, 6) is -0.168. The van der Waals surface area contributed by atoms with Crippen LogP contribution in [-0.2, 0) is 0 Å². The van der Waals surface area contributed by atoms with Gasteiger partial charge in [0.2, 0.25) is 0 Å². The lowest BCUT2D eigenvalue weighted by Crippen LogP contribution is -2.26. The summed E-state index contributed by atoms with van der Waals surface area (Å²) in [6.45, 7) is 0. The van der Waals surface area contributed by atoms with Crippen molar-refractivity contribution >= 4 is 22.7 Å². The molecule has 4 aromatic rings. The van der Waals surface area contributed by atoms with E-state index in [1.165, 1.54) is 6.39 Å². The summed E-state index contributed by atoms with van der Waals surface area (Å²) >= 11 is 0. The van der Waals surface area contributed by atoms with Crippen molar-refractivity contribution in [2.24, 2.45) is 0 Å². The molecule has 1 N–H and O–H groups in total. The number of fused-ring (bicyclic) bond motifs is 2. The van der Waals surface area contributed by atoms with Crippen LogP contribution in [0.1, 0.15) is 23.3 Å². The normalized spacial score (nSPS) is 14.3. The predicted octanol–water partition coefficient (Wildman–Crippen LogP) is 2.43. The van der Waals surface area contributed by atoms with Gasteiger partial charge in [0.1, 0.15) is 5.52 Å². The molecule has 7 heteroatoms. The van der Waals surface area contributed by atoms with Crippen molar-refractivity contribution < 1.29 is 9.21 Å². The van der Waals surface area contributed by atoms with Crippen LogP contribution in [0.15, 0.2) is 47.5 Å². The Hall–Kier alpha value is -3.22. The van der Waals surface area contributed by atoms with Crippen LogP contribution in [0.4, 0.5) is 0 Å². The molecule has 1 aliphatic rings. The number of rotatable bonds is 3. The van der Waals surface area contributed by atoms with E-state index in [4.69, 9.17) is 4.42 Å². The molecule has 0 saturated heterocycles. The van der Waals surface area contributed by atoms with Crippen molar-refractivity contribution in [3.8, 4) is 11.1 Å². The number of hydrogen-bond acceptors (Lipinski definition) is 5. The molecule has 24 heavy (non-hydrogen) atoms. The second-order valence-corrected chi connectivity index (χ2v) is 5.89. The van der Waals surface area contributed by atoms with Crippen LogP contribution < -0.4 is 5.32 Å². The summed E-state index contributed by atoms with van der Waals surface area (Å²) in [7, 11) is 0. The van der Waals surface area contributed by atoms with Crippen molar-refractivity contribution in [1.29, 1.82) is 0 Å². The second-order valence-electron chi connectivity index (χ2n) is 5.89. The lowest BCUT2D eigenvalue weighted by atomic mass is 10.0. The fourth-order valence-electron chi connectivity index (χ4n) is 2.81. The molecule has 1 saturated carbocycles. The molecule has 7 nitrogen and oxygen atoms in total. The summed E-state index contributed by atoms with van der Waals surface area (Å²) in [6.07, 6.45) is 6.94. The van der Waals surface area contributed by atoms with Gasteiger partial charge in [-0.1, -0.05) is 6.07 Å². The number of carbonyl (C=O) groups is 1. The summed E-state index contributed by atoms with van der Waals surface area (Å²) in [5.41, 5.74) is 4.00. The fraction of sp³-hybridized carbons (Fsp3) is 0.176. The minimum Gasteiger partial charge on any atom is -0.443 e. The van der Waals surface area contributed by atoms with E-state index in [-0.39, 0.29) is 11.9 Å². The van der Waals surface area contributed by atoms with Crippen molar-refractivity contribution in [3.63, 3.8) is 0 Å². The zero-order valence-electron chi connectivity index (χ0n) is 12.6. The lowest BCUT2D eigenvalue weighted by Gasteiger charge is -2.04. The first-order valence-electron chi connectivity index (χ1n) is 7.77. The van der Waals surface area contributed by atoms with Crippen LogP contribution in [0.25, 0.3) is 27.9 Å². The van der Waals surface area contributed by atoms with Gasteiger partial charge in [-0.3, -0.25) is 4.79 Å². The van der Waals surface area contributed by atoms with Crippen LogP contribution >= 0.6 is 0 Å². The zero-order chi connectivity index (χ0) is 16.1. The van der Waals surface area contributed by atoms with Crippen LogP contribution in [0.3, 0.4) is 0 Å². The highest BCUT2D eigenvalue weighted by molar-refractivity contribution is 6.03. The first-order valence-corrected chi connectivity index (χ1v) is 7.77. The van der Waals surface area contributed by atoms with E-state index in [0.717, 1.165) is 23.9 Å². The summed E-state index contributed by atoms with van der Waals surface area (Å²) in [5, 5.41) is 7.43. The Morgan fingerprint density at radius 2 is 2.21 bits per heavy atom. The Morgan fingerprint density at radius 3 is 3.08 bits per heavy atom. The monoisotopic (exact) mass is 319 g/mol. The first kappa shape index (κ1) is 13.2.